The molecule has 13 aromatic carbocycles. The van der Waals surface area contributed by atoms with E-state index in [1.165, 1.54) is 405 Å². The fraction of sp³-hybridized carbons (Fsp3) is 0.426. The lowest BCUT2D eigenvalue weighted by atomic mass is 9.68. The average molecular weight is 1840 g/mol. The zero-order valence-electron chi connectivity index (χ0n) is 86.6. The van der Waals surface area contributed by atoms with Gasteiger partial charge in [0, 0.05) is 76.7 Å². The van der Waals surface area contributed by atoms with Gasteiger partial charge in [0.1, 0.15) is 22.3 Å². The SMILES string of the molecule is CCCCCCCCC1(CCCCCCCC)c2cc(N(c3ccc(-c4ccc5c(c4)C(C)(C)c4cc(-c6ccc7c(c6)C(CCCCCCC)(CCCCCCC)c6ccccc6-7)ccc4-5)cc3)c3ccc4c(c3)C(C)(C)c3c5c(c6c(oc7ccccc76)c3-4)-c3ccccc3C5(C)C)ccc2-c2cc3c(cc21)-c1c(ccc2oc4ccccc4c12)C3(CCCCCCCC)CCCCCCCC. The van der Waals surface area contributed by atoms with Crippen molar-refractivity contribution in [1.29, 1.82) is 0 Å². The van der Waals surface area contributed by atoms with Crippen LogP contribution in [0, 0.1) is 0 Å². The van der Waals surface area contributed by atoms with E-state index >= 15 is 0 Å². The summed E-state index contributed by atoms with van der Waals surface area (Å²) in [5, 5.41) is 5.02. The summed E-state index contributed by atoms with van der Waals surface area (Å²) in [5.74, 6) is 0. The second-order valence-electron chi connectivity index (χ2n) is 45.4. The van der Waals surface area contributed by atoms with Gasteiger partial charge in [-0.05, 0) is 274 Å². The number of nitrogens with zero attached hydrogens (tertiary/aromatic N) is 1. The minimum atomic E-state index is -0.410. The van der Waals surface area contributed by atoms with Crippen LogP contribution in [-0.4, -0.2) is 0 Å². The molecule has 3 nitrogen and oxygen atoms in total. The fourth-order valence-electron chi connectivity index (χ4n) is 28.4. The first-order valence-corrected chi connectivity index (χ1v) is 56.0. The molecule has 0 unspecified atom stereocenters. The van der Waals surface area contributed by atoms with Gasteiger partial charge in [-0.25, -0.2) is 0 Å². The summed E-state index contributed by atoms with van der Waals surface area (Å²) >= 11 is 0. The molecular formula is C136H155NO2. The maximum atomic E-state index is 7.38. The number of hydrogen-bond acceptors (Lipinski definition) is 3. The van der Waals surface area contributed by atoms with Gasteiger partial charge in [0.25, 0.3) is 0 Å². The quantitative estimate of drug-likeness (QED) is 0.0356. The van der Waals surface area contributed by atoms with Crippen molar-refractivity contribution in [3.63, 3.8) is 0 Å². The molecule has 15 aromatic rings. The third-order valence-corrected chi connectivity index (χ3v) is 35.7. The number of benzene rings is 13. The summed E-state index contributed by atoms with van der Waals surface area (Å²) in [6.07, 6.45) is 50.7. The molecule has 6 aliphatic rings. The van der Waals surface area contributed by atoms with Crippen LogP contribution in [0.3, 0.4) is 0 Å². The van der Waals surface area contributed by atoms with Gasteiger partial charge in [0.15, 0.2) is 0 Å². The number of hydrogen-bond donors (Lipinski definition) is 0. The molecule has 0 atom stereocenters. The van der Waals surface area contributed by atoms with Gasteiger partial charge in [0.05, 0.1) is 0 Å². The van der Waals surface area contributed by atoms with Crippen LogP contribution >= 0.6 is 0 Å². The zero-order chi connectivity index (χ0) is 95.4. The minimum Gasteiger partial charge on any atom is -0.456 e. The number of fused-ring (bicyclic) bond motifs is 28. The van der Waals surface area contributed by atoms with E-state index in [2.05, 4.69) is 325 Å². The molecule has 0 N–H and O–H groups in total. The lowest BCUT2D eigenvalue weighted by Crippen LogP contribution is -2.27. The van der Waals surface area contributed by atoms with Crippen LogP contribution < -0.4 is 4.90 Å². The van der Waals surface area contributed by atoms with Gasteiger partial charge in [-0.3, -0.25) is 0 Å². The van der Waals surface area contributed by atoms with E-state index in [9.17, 15) is 0 Å². The highest BCUT2D eigenvalue weighted by Crippen LogP contribution is 2.68. The highest BCUT2D eigenvalue weighted by Gasteiger charge is 2.53. The third kappa shape index (κ3) is 16.4. The van der Waals surface area contributed by atoms with Gasteiger partial charge in [-0.1, -0.05) is 453 Å². The van der Waals surface area contributed by atoms with Gasteiger partial charge in [0.2, 0.25) is 0 Å². The van der Waals surface area contributed by atoms with Crippen molar-refractivity contribution in [2.75, 3.05) is 4.90 Å². The fourth-order valence-corrected chi connectivity index (χ4v) is 28.4. The van der Waals surface area contributed by atoms with E-state index < -0.39 is 5.41 Å². The molecule has 0 aliphatic heterocycles. The number of unbranched alkanes of at least 4 members (excludes halogenated alkanes) is 28. The molecule has 0 fully saturated rings. The maximum Gasteiger partial charge on any atom is 0.144 e. The Kier molecular flexibility index (Phi) is 26.9. The molecule has 716 valence electrons. The second kappa shape index (κ2) is 39.6. The number of para-hydroxylation sites is 2. The molecule has 0 amide bonds. The Balaban J connectivity index is 0.713. The number of furan rings is 2. The summed E-state index contributed by atoms with van der Waals surface area (Å²) in [6, 6.07) is 95.5. The molecule has 2 aromatic heterocycles. The molecular weight excluding hydrogens is 1680 g/mol. The summed E-state index contributed by atoms with van der Waals surface area (Å²) in [7, 11) is 0. The van der Waals surface area contributed by atoms with Crippen LogP contribution in [0.1, 0.15) is 407 Å². The summed E-state index contributed by atoms with van der Waals surface area (Å²) < 4.78 is 14.4. The van der Waals surface area contributed by atoms with Gasteiger partial charge in [-0.15, -0.1) is 0 Å². The molecule has 2 heterocycles. The number of anilines is 3. The molecule has 0 spiro atoms. The molecule has 21 rings (SSSR count). The van der Waals surface area contributed by atoms with Gasteiger partial charge >= 0.3 is 0 Å². The molecule has 0 saturated heterocycles. The Morgan fingerprint density at radius 3 is 1.09 bits per heavy atom. The lowest BCUT2D eigenvalue weighted by molar-refractivity contribution is 0.394. The topological polar surface area (TPSA) is 29.5 Å². The predicted molar refractivity (Wildman–Crippen MR) is 597 cm³/mol. The van der Waals surface area contributed by atoms with Crippen molar-refractivity contribution >= 4 is 60.9 Å². The van der Waals surface area contributed by atoms with E-state index in [-0.39, 0.29) is 27.1 Å². The average Bonchev–Trinajstić information content (AvgIpc) is 1.50. The normalized spacial score (nSPS) is 15.4. The summed E-state index contributed by atoms with van der Waals surface area (Å²) in [4.78, 5) is 2.69. The highest BCUT2D eigenvalue weighted by molar-refractivity contribution is 6.21. The van der Waals surface area contributed by atoms with Crippen molar-refractivity contribution in [2.45, 2.75) is 372 Å². The van der Waals surface area contributed by atoms with E-state index in [0.717, 1.165) is 40.9 Å². The first kappa shape index (κ1) is 94.5. The van der Waals surface area contributed by atoms with Crippen LogP contribution in [-0.2, 0) is 32.5 Å². The Labute approximate surface area is 833 Å². The van der Waals surface area contributed by atoms with E-state index in [1.54, 1.807) is 27.8 Å². The Bertz CT molecular complexity index is 6990. The van der Waals surface area contributed by atoms with E-state index in [4.69, 9.17) is 8.83 Å². The molecule has 0 saturated carbocycles. The van der Waals surface area contributed by atoms with E-state index in [0.29, 0.717) is 0 Å². The molecule has 0 bridgehead atoms. The summed E-state index contributed by atoms with van der Waals surface area (Å²) in [6.45, 7) is 29.2. The van der Waals surface area contributed by atoms with Crippen LogP contribution in [0.5, 0.6) is 0 Å². The molecule has 0 radical (unpaired) electrons. The molecule has 3 heteroatoms. The lowest BCUT2D eigenvalue weighted by Gasteiger charge is -2.35. The van der Waals surface area contributed by atoms with Gasteiger partial charge in [-0.2, -0.15) is 0 Å². The number of rotatable bonds is 45. The first-order valence-electron chi connectivity index (χ1n) is 56.0. The Hall–Kier alpha value is -10.7. The first-order chi connectivity index (χ1) is 68.0. The van der Waals surface area contributed by atoms with Crippen LogP contribution in [0.25, 0.3) is 133 Å². The van der Waals surface area contributed by atoms with E-state index in [1.807, 2.05) is 0 Å². The third-order valence-electron chi connectivity index (χ3n) is 35.7. The van der Waals surface area contributed by atoms with Crippen molar-refractivity contribution in [2.24, 2.45) is 0 Å². The highest BCUT2D eigenvalue weighted by atomic mass is 16.3. The smallest absolute Gasteiger partial charge is 0.144 e. The largest absolute Gasteiger partial charge is 0.456 e. The second-order valence-corrected chi connectivity index (χ2v) is 45.4. The van der Waals surface area contributed by atoms with Crippen LogP contribution in [0.15, 0.2) is 245 Å². The summed E-state index contributed by atoms with van der Waals surface area (Å²) in [5.41, 5.74) is 46.0. The Morgan fingerprint density at radius 2 is 0.547 bits per heavy atom. The zero-order valence-corrected chi connectivity index (χ0v) is 86.6. The van der Waals surface area contributed by atoms with Crippen LogP contribution in [0.4, 0.5) is 17.1 Å². The van der Waals surface area contributed by atoms with Crippen molar-refractivity contribution < 1.29 is 8.83 Å². The predicted octanol–water partition coefficient (Wildman–Crippen LogP) is 41.7. The monoisotopic (exact) mass is 1830 g/mol. The standard InChI is InChI=1S/C136H155NO2/c1-13-19-25-31-37-51-81-135(82-52-38-32-26-20-14-2)112-77-78-122-124(106-57-43-47-61-120(106)138-122)123(112)109-91-118-108(90-119(109)135)103-75-70-98(89-117(103)136(118,83-53-39-33-27-21-15-3)84-54-40-34-28-22-16-4)137(97-71-76-105-115(88-97)133(11,12)129-127(105)130-126(107-58-44-48-62-121(107)139-130)125-104-56-42-45-59-110(104)132(9,10)128(125)129)96-68-63-92(64-69-96)93-65-72-100-101-73-66-94(86-114(101)131(7,8)113(100)85-93)95-67-74-102-99-55-41-46-60-111(99)134(116(102)87-95,79-49-35-29-23-17-5)80-50-36-30-24-18-6/h41-48,55-78,85-91H,13-40,49-54,79-84H2,1-12H3. The maximum absolute atomic E-state index is 7.38. The van der Waals surface area contributed by atoms with Gasteiger partial charge < -0.3 is 13.7 Å². The minimum absolute atomic E-state index is 0.0282. The van der Waals surface area contributed by atoms with Crippen molar-refractivity contribution in [3.8, 4) is 89.0 Å². The molecule has 6 aliphatic carbocycles. The van der Waals surface area contributed by atoms with Crippen molar-refractivity contribution in [3.05, 3.63) is 303 Å². The molecule has 139 heavy (non-hydrogen) atoms. The van der Waals surface area contributed by atoms with Crippen molar-refractivity contribution in [1.82, 2.24) is 0 Å². The Morgan fingerprint density at radius 1 is 0.209 bits per heavy atom. The van der Waals surface area contributed by atoms with Crippen LogP contribution in [0.2, 0.25) is 0 Å².